The third-order valence-corrected chi connectivity index (χ3v) is 1.99. The number of nitrogens with two attached hydrogens (primary N) is 1. The van der Waals surface area contributed by atoms with Crippen molar-refractivity contribution in [2.45, 2.75) is 0 Å². The molecule has 2 N–H and O–H groups in total. The number of carbonyl (C=O) groups is 1. The molecule has 2 heterocycles. The lowest BCUT2D eigenvalue weighted by atomic mass is 10.1. The molecule has 0 unspecified atom stereocenters. The Morgan fingerprint density at radius 1 is 1.43 bits per heavy atom. The van der Waals surface area contributed by atoms with Crippen molar-refractivity contribution in [2.24, 2.45) is 5.73 Å². The summed E-state index contributed by atoms with van der Waals surface area (Å²) in [5.41, 5.74) is 6.62. The van der Waals surface area contributed by atoms with Crippen molar-refractivity contribution in [2.75, 3.05) is 6.54 Å². The first-order valence-corrected chi connectivity index (χ1v) is 4.24. The van der Waals surface area contributed by atoms with Gasteiger partial charge in [-0.2, -0.15) is 0 Å². The van der Waals surface area contributed by atoms with Crippen LogP contribution in [0.3, 0.4) is 0 Å². The average molecular weight is 187 g/mol. The van der Waals surface area contributed by atoms with Crippen LogP contribution in [0.5, 0.6) is 0 Å². The van der Waals surface area contributed by atoms with Crippen LogP contribution in [0.2, 0.25) is 0 Å². The zero-order chi connectivity index (χ0) is 9.97. The Bertz CT molecular complexity index is 482. The van der Waals surface area contributed by atoms with Crippen molar-refractivity contribution in [3.63, 3.8) is 0 Å². The van der Waals surface area contributed by atoms with Crippen LogP contribution in [0.4, 0.5) is 0 Å². The molecule has 4 heteroatoms. The fourth-order valence-electron chi connectivity index (χ4n) is 1.24. The SMILES string of the molecule is NCC(=O)c1cnc2ccncc2c1. The second-order valence-electron chi connectivity index (χ2n) is 2.92. The zero-order valence-electron chi connectivity index (χ0n) is 7.47. The predicted molar refractivity (Wildman–Crippen MR) is 52.9 cm³/mol. The number of ketones is 1. The van der Waals surface area contributed by atoms with E-state index >= 15 is 0 Å². The normalized spacial score (nSPS) is 10.4. The summed E-state index contributed by atoms with van der Waals surface area (Å²) in [7, 11) is 0. The minimum Gasteiger partial charge on any atom is -0.324 e. The maximum Gasteiger partial charge on any atom is 0.177 e. The fraction of sp³-hybridized carbons (Fsp3) is 0.100. The molecule has 0 radical (unpaired) electrons. The van der Waals surface area contributed by atoms with E-state index in [0.29, 0.717) is 5.56 Å². The minimum absolute atomic E-state index is 0.00739. The van der Waals surface area contributed by atoms with Crippen molar-refractivity contribution in [1.82, 2.24) is 9.97 Å². The van der Waals surface area contributed by atoms with Gasteiger partial charge in [-0.15, -0.1) is 0 Å². The van der Waals surface area contributed by atoms with Gasteiger partial charge in [0.15, 0.2) is 5.78 Å². The summed E-state index contributed by atoms with van der Waals surface area (Å²) in [6.45, 7) is 0.00739. The van der Waals surface area contributed by atoms with Crippen LogP contribution in [0.1, 0.15) is 10.4 Å². The van der Waals surface area contributed by atoms with E-state index in [1.54, 1.807) is 24.5 Å². The van der Waals surface area contributed by atoms with Gasteiger partial charge in [0.05, 0.1) is 12.1 Å². The van der Waals surface area contributed by atoms with Crippen LogP contribution in [0.15, 0.2) is 30.7 Å². The molecule has 0 spiro atoms. The Hall–Kier alpha value is -1.81. The lowest BCUT2D eigenvalue weighted by molar-refractivity contribution is 0.100. The van der Waals surface area contributed by atoms with E-state index in [4.69, 9.17) is 5.73 Å². The smallest absolute Gasteiger partial charge is 0.177 e. The summed E-state index contributed by atoms with van der Waals surface area (Å²) in [6, 6.07) is 3.55. The molecule has 0 atom stereocenters. The van der Waals surface area contributed by atoms with E-state index in [2.05, 4.69) is 9.97 Å². The minimum atomic E-state index is -0.108. The van der Waals surface area contributed by atoms with Gasteiger partial charge < -0.3 is 5.73 Å². The van der Waals surface area contributed by atoms with Gasteiger partial charge in [0.1, 0.15) is 0 Å². The summed E-state index contributed by atoms with van der Waals surface area (Å²) in [5, 5.41) is 0.854. The number of pyridine rings is 2. The summed E-state index contributed by atoms with van der Waals surface area (Å²) in [5.74, 6) is -0.108. The molecule has 2 aromatic rings. The first-order chi connectivity index (χ1) is 6.81. The molecule has 0 bridgehead atoms. The van der Waals surface area contributed by atoms with Crippen molar-refractivity contribution < 1.29 is 4.79 Å². The van der Waals surface area contributed by atoms with E-state index in [1.807, 2.05) is 0 Å². The molecule has 0 saturated carbocycles. The number of Topliss-reactive ketones (excluding diaryl/α,β-unsaturated/α-hetero) is 1. The molecule has 4 nitrogen and oxygen atoms in total. The third-order valence-electron chi connectivity index (χ3n) is 1.99. The lowest BCUT2D eigenvalue weighted by Gasteiger charge is -1.99. The molecule has 0 fully saturated rings. The molecule has 0 saturated heterocycles. The summed E-state index contributed by atoms with van der Waals surface area (Å²) < 4.78 is 0. The fourth-order valence-corrected chi connectivity index (χ4v) is 1.24. The number of aromatic nitrogens is 2. The molecule has 2 aromatic heterocycles. The highest BCUT2D eigenvalue weighted by molar-refractivity contribution is 5.99. The van der Waals surface area contributed by atoms with Crippen molar-refractivity contribution >= 4 is 16.7 Å². The van der Waals surface area contributed by atoms with Gasteiger partial charge in [0, 0.05) is 29.5 Å². The van der Waals surface area contributed by atoms with Gasteiger partial charge in [0.25, 0.3) is 0 Å². The molecule has 70 valence electrons. The Labute approximate surface area is 80.8 Å². The van der Waals surface area contributed by atoms with Crippen LogP contribution < -0.4 is 5.73 Å². The van der Waals surface area contributed by atoms with Crippen LogP contribution in [0, 0.1) is 0 Å². The monoisotopic (exact) mass is 187 g/mol. The standard InChI is InChI=1S/C10H9N3O/c11-4-10(14)8-3-7-5-12-2-1-9(7)13-6-8/h1-3,5-6H,4,11H2. The molecule has 0 aliphatic heterocycles. The highest BCUT2D eigenvalue weighted by atomic mass is 16.1. The van der Waals surface area contributed by atoms with Gasteiger partial charge in [0.2, 0.25) is 0 Å². The summed E-state index contributed by atoms with van der Waals surface area (Å²) >= 11 is 0. The molecule has 0 aromatic carbocycles. The lowest BCUT2D eigenvalue weighted by Crippen LogP contribution is -2.13. The van der Waals surface area contributed by atoms with Crippen LogP contribution in [-0.4, -0.2) is 22.3 Å². The second-order valence-corrected chi connectivity index (χ2v) is 2.92. The topological polar surface area (TPSA) is 68.9 Å². The number of rotatable bonds is 2. The molecule has 0 aliphatic carbocycles. The summed E-state index contributed by atoms with van der Waals surface area (Å²) in [4.78, 5) is 19.4. The Morgan fingerprint density at radius 2 is 2.29 bits per heavy atom. The molecule has 0 aliphatic rings. The van der Waals surface area contributed by atoms with Gasteiger partial charge in [-0.05, 0) is 12.1 Å². The molecule has 2 rings (SSSR count). The maximum absolute atomic E-state index is 11.3. The van der Waals surface area contributed by atoms with E-state index in [0.717, 1.165) is 10.9 Å². The quantitative estimate of drug-likeness (QED) is 0.705. The second kappa shape index (κ2) is 3.51. The van der Waals surface area contributed by atoms with Crippen molar-refractivity contribution in [3.05, 3.63) is 36.3 Å². The van der Waals surface area contributed by atoms with E-state index in [-0.39, 0.29) is 12.3 Å². The molecular weight excluding hydrogens is 178 g/mol. The Balaban J connectivity index is 2.56. The number of nitrogens with zero attached hydrogens (tertiary/aromatic N) is 2. The maximum atomic E-state index is 11.3. The molecule has 14 heavy (non-hydrogen) atoms. The van der Waals surface area contributed by atoms with Gasteiger partial charge in [-0.1, -0.05) is 0 Å². The van der Waals surface area contributed by atoms with E-state index < -0.39 is 0 Å². The Morgan fingerprint density at radius 3 is 3.07 bits per heavy atom. The average Bonchev–Trinajstić information content (AvgIpc) is 2.27. The largest absolute Gasteiger partial charge is 0.324 e. The summed E-state index contributed by atoms with van der Waals surface area (Å²) in [6.07, 6.45) is 4.88. The van der Waals surface area contributed by atoms with E-state index in [9.17, 15) is 4.79 Å². The van der Waals surface area contributed by atoms with Gasteiger partial charge in [-0.25, -0.2) is 0 Å². The number of hydrogen-bond acceptors (Lipinski definition) is 4. The number of carbonyl (C=O) groups excluding carboxylic acids is 1. The van der Waals surface area contributed by atoms with Gasteiger partial charge >= 0.3 is 0 Å². The first kappa shape index (κ1) is 8.77. The molecular formula is C10H9N3O. The van der Waals surface area contributed by atoms with Crippen molar-refractivity contribution in [1.29, 1.82) is 0 Å². The highest BCUT2D eigenvalue weighted by Gasteiger charge is 2.04. The molecule has 0 amide bonds. The van der Waals surface area contributed by atoms with Crippen molar-refractivity contribution in [3.8, 4) is 0 Å². The third kappa shape index (κ3) is 1.47. The van der Waals surface area contributed by atoms with E-state index in [1.165, 1.54) is 6.20 Å². The Kier molecular flexibility index (Phi) is 2.20. The number of fused-ring (bicyclic) bond motifs is 1. The predicted octanol–water partition coefficient (Wildman–Crippen LogP) is 0.771. The number of hydrogen-bond donors (Lipinski definition) is 1. The van der Waals surface area contributed by atoms with Crippen LogP contribution in [0.25, 0.3) is 10.9 Å². The van der Waals surface area contributed by atoms with Gasteiger partial charge in [-0.3, -0.25) is 14.8 Å². The first-order valence-electron chi connectivity index (χ1n) is 4.24. The zero-order valence-corrected chi connectivity index (χ0v) is 7.47. The van der Waals surface area contributed by atoms with Crippen LogP contribution in [-0.2, 0) is 0 Å². The van der Waals surface area contributed by atoms with Crippen LogP contribution >= 0.6 is 0 Å². The highest BCUT2D eigenvalue weighted by Crippen LogP contribution is 2.11.